The second kappa shape index (κ2) is 8.71. The first-order valence-corrected chi connectivity index (χ1v) is 8.67. The Bertz CT molecular complexity index is 552. The molecule has 0 spiro atoms. The number of nitrogens with one attached hydrogen (secondary N) is 1. The van der Waals surface area contributed by atoms with E-state index in [9.17, 15) is 9.59 Å². The minimum Gasteiger partial charge on any atom is -0.497 e. The first-order chi connectivity index (χ1) is 11.5. The van der Waals surface area contributed by atoms with Crippen LogP contribution in [0.2, 0.25) is 0 Å². The highest BCUT2D eigenvalue weighted by Crippen LogP contribution is 2.28. The summed E-state index contributed by atoms with van der Waals surface area (Å²) < 4.78 is 5.16. The number of carbonyl (C=O) groups is 2. The van der Waals surface area contributed by atoms with E-state index in [0.717, 1.165) is 25.0 Å². The average molecular weight is 332 g/mol. The fourth-order valence-electron chi connectivity index (χ4n) is 2.60. The van der Waals surface area contributed by atoms with Gasteiger partial charge in [0.2, 0.25) is 11.8 Å². The third kappa shape index (κ3) is 5.55. The largest absolute Gasteiger partial charge is 0.497 e. The normalized spacial score (nSPS) is 14.8. The van der Waals surface area contributed by atoms with E-state index in [2.05, 4.69) is 12.2 Å². The number of carbonyl (C=O) groups excluding carboxylic acids is 2. The summed E-state index contributed by atoms with van der Waals surface area (Å²) >= 11 is 0. The number of methoxy groups -OCH3 is 1. The summed E-state index contributed by atoms with van der Waals surface area (Å²) in [7, 11) is 3.50. The summed E-state index contributed by atoms with van der Waals surface area (Å²) in [5.41, 5.74) is 1.18. The Balaban J connectivity index is 1.69. The minimum atomic E-state index is 0.122. The number of nitrogens with zero attached hydrogens (tertiary/aromatic N) is 1. The van der Waals surface area contributed by atoms with Crippen LogP contribution in [0, 0.1) is 5.92 Å². The summed E-state index contributed by atoms with van der Waals surface area (Å²) in [4.78, 5) is 25.6. The van der Waals surface area contributed by atoms with Crippen LogP contribution in [0.25, 0.3) is 0 Å². The van der Waals surface area contributed by atoms with Gasteiger partial charge < -0.3 is 15.0 Å². The summed E-state index contributed by atoms with van der Waals surface area (Å²) in [6.07, 6.45) is 3.99. The van der Waals surface area contributed by atoms with Gasteiger partial charge >= 0.3 is 0 Å². The van der Waals surface area contributed by atoms with Gasteiger partial charge in [-0.2, -0.15) is 0 Å². The zero-order valence-corrected chi connectivity index (χ0v) is 14.9. The molecule has 0 heterocycles. The van der Waals surface area contributed by atoms with Crippen molar-refractivity contribution >= 4 is 11.8 Å². The van der Waals surface area contributed by atoms with E-state index in [4.69, 9.17) is 4.74 Å². The van der Waals surface area contributed by atoms with Gasteiger partial charge in [0, 0.05) is 32.0 Å². The second-order valence-electron chi connectivity index (χ2n) is 6.57. The van der Waals surface area contributed by atoms with Crippen molar-refractivity contribution in [2.75, 3.05) is 20.7 Å². The lowest BCUT2D eigenvalue weighted by atomic mass is 10.1. The zero-order chi connectivity index (χ0) is 17.5. The van der Waals surface area contributed by atoms with Crippen molar-refractivity contribution in [3.05, 3.63) is 29.8 Å². The maximum absolute atomic E-state index is 12.3. The monoisotopic (exact) mass is 332 g/mol. The van der Waals surface area contributed by atoms with Crippen molar-refractivity contribution in [2.45, 2.75) is 45.1 Å². The van der Waals surface area contributed by atoms with Crippen molar-refractivity contribution in [1.29, 1.82) is 0 Å². The molecule has 1 aromatic rings. The Morgan fingerprint density at radius 3 is 2.54 bits per heavy atom. The Kier molecular flexibility index (Phi) is 6.64. The Hall–Kier alpha value is -2.04. The third-order valence-electron chi connectivity index (χ3n) is 4.56. The van der Waals surface area contributed by atoms with E-state index in [1.54, 1.807) is 12.0 Å². The molecule has 1 fully saturated rings. The number of benzene rings is 1. The summed E-state index contributed by atoms with van der Waals surface area (Å²) in [6, 6.07) is 8.06. The molecule has 0 saturated heterocycles. The number of amides is 2. The summed E-state index contributed by atoms with van der Waals surface area (Å²) in [5, 5.41) is 2.90. The predicted molar refractivity (Wildman–Crippen MR) is 93.9 cm³/mol. The number of hydrogen-bond acceptors (Lipinski definition) is 3. The first kappa shape index (κ1) is 18.3. The minimum absolute atomic E-state index is 0.122. The molecule has 5 heteroatoms. The Labute approximate surface area is 144 Å². The molecule has 1 aliphatic rings. The molecule has 24 heavy (non-hydrogen) atoms. The molecule has 1 N–H and O–H groups in total. The molecular weight excluding hydrogens is 304 g/mol. The van der Waals surface area contributed by atoms with Crippen LogP contribution < -0.4 is 10.1 Å². The number of ether oxygens (including phenoxy) is 1. The fraction of sp³-hybridized carbons (Fsp3) is 0.579. The van der Waals surface area contributed by atoms with Gasteiger partial charge in [-0.05, 0) is 50.3 Å². The maximum Gasteiger partial charge on any atom is 0.223 e. The van der Waals surface area contributed by atoms with Crippen molar-refractivity contribution in [3.8, 4) is 5.75 Å². The average Bonchev–Trinajstić information content (AvgIpc) is 3.43. The lowest BCUT2D eigenvalue weighted by Crippen LogP contribution is -2.37. The Morgan fingerprint density at radius 2 is 1.96 bits per heavy atom. The number of rotatable bonds is 9. The molecule has 1 aromatic carbocycles. The van der Waals surface area contributed by atoms with E-state index >= 15 is 0 Å². The SMILES string of the molecule is COc1ccc(C[C@@H](C)N(C)C(=O)CCCNC(=O)C2CC2)cc1. The fourth-order valence-corrected chi connectivity index (χ4v) is 2.60. The highest BCUT2D eigenvalue weighted by Gasteiger charge is 2.29. The van der Waals surface area contributed by atoms with Crippen LogP contribution in [-0.4, -0.2) is 43.5 Å². The smallest absolute Gasteiger partial charge is 0.223 e. The highest BCUT2D eigenvalue weighted by atomic mass is 16.5. The summed E-state index contributed by atoms with van der Waals surface area (Å²) in [6.45, 7) is 2.64. The van der Waals surface area contributed by atoms with Gasteiger partial charge in [0.15, 0.2) is 0 Å². The lowest BCUT2D eigenvalue weighted by molar-refractivity contribution is -0.132. The lowest BCUT2D eigenvalue weighted by Gasteiger charge is -2.25. The van der Waals surface area contributed by atoms with Crippen molar-refractivity contribution in [2.24, 2.45) is 5.92 Å². The predicted octanol–water partition coefficient (Wildman–Crippen LogP) is 2.39. The van der Waals surface area contributed by atoms with Gasteiger partial charge in [-0.1, -0.05) is 12.1 Å². The molecule has 0 radical (unpaired) electrons. The van der Waals surface area contributed by atoms with Crippen LogP contribution >= 0.6 is 0 Å². The zero-order valence-electron chi connectivity index (χ0n) is 14.9. The molecule has 0 aromatic heterocycles. The van der Waals surface area contributed by atoms with E-state index in [1.807, 2.05) is 31.3 Å². The topological polar surface area (TPSA) is 58.6 Å². The third-order valence-corrected chi connectivity index (χ3v) is 4.56. The molecule has 1 aliphatic carbocycles. The molecule has 1 atom stereocenters. The molecule has 0 unspecified atom stereocenters. The summed E-state index contributed by atoms with van der Waals surface area (Å²) in [5.74, 6) is 1.33. The van der Waals surface area contributed by atoms with E-state index in [-0.39, 0.29) is 23.8 Å². The van der Waals surface area contributed by atoms with Crippen LogP contribution in [0.15, 0.2) is 24.3 Å². The van der Waals surface area contributed by atoms with Crippen molar-refractivity contribution < 1.29 is 14.3 Å². The molecule has 0 bridgehead atoms. The van der Waals surface area contributed by atoms with Gasteiger partial charge in [0.05, 0.1) is 7.11 Å². The van der Waals surface area contributed by atoms with Gasteiger partial charge in [0.25, 0.3) is 0 Å². The second-order valence-corrected chi connectivity index (χ2v) is 6.57. The van der Waals surface area contributed by atoms with E-state index < -0.39 is 0 Å². The van der Waals surface area contributed by atoms with Crippen LogP contribution in [-0.2, 0) is 16.0 Å². The molecule has 2 rings (SSSR count). The van der Waals surface area contributed by atoms with Gasteiger partial charge in [-0.15, -0.1) is 0 Å². The van der Waals surface area contributed by atoms with Crippen LogP contribution in [0.3, 0.4) is 0 Å². The van der Waals surface area contributed by atoms with Crippen molar-refractivity contribution in [1.82, 2.24) is 10.2 Å². The molecular formula is C19H28N2O3. The quantitative estimate of drug-likeness (QED) is 0.707. The van der Waals surface area contributed by atoms with E-state index in [0.29, 0.717) is 19.4 Å². The first-order valence-electron chi connectivity index (χ1n) is 8.67. The molecule has 2 amide bonds. The van der Waals surface area contributed by atoms with E-state index in [1.165, 1.54) is 5.56 Å². The highest BCUT2D eigenvalue weighted by molar-refractivity contribution is 5.81. The standard InChI is InChI=1S/C19H28N2O3/c1-14(13-15-6-10-17(24-3)11-7-15)21(2)18(22)5-4-12-20-19(23)16-8-9-16/h6-7,10-11,14,16H,4-5,8-9,12-13H2,1-3H3,(H,20,23)/t14-/m1/s1. The van der Waals surface area contributed by atoms with Gasteiger partial charge in [-0.3, -0.25) is 9.59 Å². The van der Waals surface area contributed by atoms with Crippen molar-refractivity contribution in [3.63, 3.8) is 0 Å². The van der Waals surface area contributed by atoms with Gasteiger partial charge in [0.1, 0.15) is 5.75 Å². The molecule has 5 nitrogen and oxygen atoms in total. The Morgan fingerprint density at radius 1 is 1.29 bits per heavy atom. The molecule has 0 aliphatic heterocycles. The van der Waals surface area contributed by atoms with Crippen LogP contribution in [0.1, 0.15) is 38.2 Å². The van der Waals surface area contributed by atoms with Crippen LogP contribution in [0.5, 0.6) is 5.75 Å². The number of hydrogen-bond donors (Lipinski definition) is 1. The van der Waals surface area contributed by atoms with Gasteiger partial charge in [-0.25, -0.2) is 0 Å². The van der Waals surface area contributed by atoms with Crippen LogP contribution in [0.4, 0.5) is 0 Å². The molecule has 132 valence electrons. The number of likely N-dealkylation sites (N-methyl/N-ethyl adjacent to an activating group) is 1. The maximum atomic E-state index is 12.3. The molecule has 1 saturated carbocycles.